The lowest BCUT2D eigenvalue weighted by atomic mass is 10.1. The summed E-state index contributed by atoms with van der Waals surface area (Å²) < 4.78 is 5.62. The lowest BCUT2D eigenvalue weighted by molar-refractivity contribution is -0.139. The van der Waals surface area contributed by atoms with E-state index in [0.717, 1.165) is 11.3 Å². The van der Waals surface area contributed by atoms with Gasteiger partial charge in [-0.05, 0) is 24.3 Å². The standard InChI is InChI=1S/C16H16ClNO4S/c17-12-1-2-14-10(6-12)5-11(8-22-14)16(21)18-3-4-23-9-13(18)7-15(19)20/h1-2,5-6,13H,3-4,7-9H2,(H,19,20). The first-order valence-corrected chi connectivity index (χ1v) is 8.81. The summed E-state index contributed by atoms with van der Waals surface area (Å²) >= 11 is 7.66. The molecule has 0 aromatic heterocycles. The van der Waals surface area contributed by atoms with Crippen LogP contribution in [-0.2, 0) is 9.59 Å². The van der Waals surface area contributed by atoms with Gasteiger partial charge in [0.1, 0.15) is 12.4 Å². The Balaban J connectivity index is 1.83. The number of hydrogen-bond acceptors (Lipinski definition) is 4. The molecule has 0 aliphatic carbocycles. The Hall–Kier alpha value is -1.66. The molecule has 2 aliphatic rings. The van der Waals surface area contributed by atoms with Gasteiger partial charge in [-0.3, -0.25) is 9.59 Å². The fraction of sp³-hybridized carbons (Fsp3) is 0.375. The van der Waals surface area contributed by atoms with Gasteiger partial charge in [0.2, 0.25) is 0 Å². The molecule has 3 rings (SSSR count). The average molecular weight is 354 g/mol. The molecule has 1 fully saturated rings. The molecule has 0 bridgehead atoms. The zero-order valence-electron chi connectivity index (χ0n) is 12.3. The molecule has 1 aromatic carbocycles. The van der Waals surface area contributed by atoms with Crippen molar-refractivity contribution in [2.24, 2.45) is 0 Å². The predicted octanol–water partition coefficient (Wildman–Crippen LogP) is 2.53. The topological polar surface area (TPSA) is 66.8 Å². The third kappa shape index (κ3) is 3.64. The van der Waals surface area contributed by atoms with Crippen LogP contribution in [0.15, 0.2) is 23.8 Å². The zero-order chi connectivity index (χ0) is 16.4. The molecular weight excluding hydrogens is 338 g/mol. The Morgan fingerprint density at radius 3 is 3.04 bits per heavy atom. The van der Waals surface area contributed by atoms with Gasteiger partial charge in [-0.2, -0.15) is 11.8 Å². The van der Waals surface area contributed by atoms with Crippen LogP contribution in [0.3, 0.4) is 0 Å². The minimum atomic E-state index is -0.888. The summed E-state index contributed by atoms with van der Waals surface area (Å²) in [5.74, 6) is 1.12. The molecule has 0 radical (unpaired) electrons. The quantitative estimate of drug-likeness (QED) is 0.904. The molecule has 23 heavy (non-hydrogen) atoms. The van der Waals surface area contributed by atoms with E-state index in [9.17, 15) is 9.59 Å². The van der Waals surface area contributed by atoms with Crippen molar-refractivity contribution >= 4 is 41.3 Å². The second-order valence-electron chi connectivity index (χ2n) is 5.47. The van der Waals surface area contributed by atoms with Crippen LogP contribution in [0.5, 0.6) is 5.75 Å². The SMILES string of the molecule is O=C(O)CC1CSCCN1C(=O)C1=Cc2cc(Cl)ccc2OC1. The fourth-order valence-corrected chi connectivity index (χ4v) is 3.99. The van der Waals surface area contributed by atoms with Crippen LogP contribution in [-0.4, -0.2) is 52.6 Å². The van der Waals surface area contributed by atoms with Crippen molar-refractivity contribution in [1.29, 1.82) is 0 Å². The Labute approximate surface area is 143 Å². The van der Waals surface area contributed by atoms with Crippen molar-refractivity contribution in [1.82, 2.24) is 4.90 Å². The molecule has 1 atom stereocenters. The molecular formula is C16H16ClNO4S. The van der Waals surface area contributed by atoms with Gasteiger partial charge in [-0.15, -0.1) is 0 Å². The number of aliphatic carboxylic acids is 1. The van der Waals surface area contributed by atoms with E-state index in [4.69, 9.17) is 21.4 Å². The number of carboxylic acid groups (broad SMARTS) is 1. The summed E-state index contributed by atoms with van der Waals surface area (Å²) in [5.41, 5.74) is 1.30. The molecule has 1 N–H and O–H groups in total. The number of halogens is 1. The van der Waals surface area contributed by atoms with E-state index in [0.29, 0.717) is 28.6 Å². The number of thioether (sulfide) groups is 1. The van der Waals surface area contributed by atoms with Crippen molar-refractivity contribution in [2.75, 3.05) is 24.7 Å². The van der Waals surface area contributed by atoms with Gasteiger partial charge in [0, 0.05) is 28.6 Å². The van der Waals surface area contributed by atoms with Crippen LogP contribution in [0, 0.1) is 0 Å². The third-order valence-corrected chi connectivity index (χ3v) is 5.18. The molecule has 1 saturated heterocycles. The monoisotopic (exact) mass is 353 g/mol. The number of amides is 1. The van der Waals surface area contributed by atoms with Crippen molar-refractivity contribution in [3.63, 3.8) is 0 Å². The highest BCUT2D eigenvalue weighted by atomic mass is 35.5. The highest BCUT2D eigenvalue weighted by Gasteiger charge is 2.31. The van der Waals surface area contributed by atoms with Crippen molar-refractivity contribution < 1.29 is 19.4 Å². The molecule has 0 saturated carbocycles. The smallest absolute Gasteiger partial charge is 0.305 e. The molecule has 122 valence electrons. The molecule has 1 aromatic rings. The normalized spacial score (nSPS) is 20.3. The van der Waals surface area contributed by atoms with Crippen molar-refractivity contribution in [2.45, 2.75) is 12.5 Å². The van der Waals surface area contributed by atoms with E-state index in [2.05, 4.69) is 0 Å². The average Bonchev–Trinajstić information content (AvgIpc) is 2.53. The first kappa shape index (κ1) is 16.2. The maximum absolute atomic E-state index is 12.8. The van der Waals surface area contributed by atoms with E-state index < -0.39 is 5.97 Å². The van der Waals surface area contributed by atoms with Crippen LogP contribution < -0.4 is 4.74 Å². The van der Waals surface area contributed by atoms with Crippen LogP contribution in [0.25, 0.3) is 6.08 Å². The number of nitrogens with zero attached hydrogens (tertiary/aromatic N) is 1. The third-order valence-electron chi connectivity index (χ3n) is 3.86. The largest absolute Gasteiger partial charge is 0.488 e. The van der Waals surface area contributed by atoms with E-state index in [1.54, 1.807) is 40.9 Å². The van der Waals surface area contributed by atoms with Crippen LogP contribution >= 0.6 is 23.4 Å². The lowest BCUT2D eigenvalue weighted by Crippen LogP contribution is -2.48. The Kier molecular flexibility index (Phi) is 4.82. The number of carbonyl (C=O) groups excluding carboxylic acids is 1. The molecule has 2 heterocycles. The second kappa shape index (κ2) is 6.84. The molecule has 7 heteroatoms. The number of ether oxygens (including phenoxy) is 1. The van der Waals surface area contributed by atoms with E-state index >= 15 is 0 Å². The minimum absolute atomic E-state index is 0.0324. The fourth-order valence-electron chi connectivity index (χ4n) is 2.75. The predicted molar refractivity (Wildman–Crippen MR) is 90.0 cm³/mol. The number of carboxylic acids is 1. The van der Waals surface area contributed by atoms with Crippen LogP contribution in [0.1, 0.15) is 12.0 Å². The maximum atomic E-state index is 12.8. The highest BCUT2D eigenvalue weighted by Crippen LogP contribution is 2.30. The molecule has 1 unspecified atom stereocenters. The molecule has 0 spiro atoms. The first-order chi connectivity index (χ1) is 11.0. The number of benzene rings is 1. The first-order valence-electron chi connectivity index (χ1n) is 7.28. The summed E-state index contributed by atoms with van der Waals surface area (Å²) in [4.78, 5) is 25.5. The van der Waals surface area contributed by atoms with Gasteiger partial charge < -0.3 is 14.7 Å². The Morgan fingerprint density at radius 1 is 1.43 bits per heavy atom. The maximum Gasteiger partial charge on any atom is 0.305 e. The van der Waals surface area contributed by atoms with Gasteiger partial charge in [0.15, 0.2) is 0 Å². The summed E-state index contributed by atoms with van der Waals surface area (Å²) in [6, 6.07) is 5.00. The van der Waals surface area contributed by atoms with E-state index in [1.165, 1.54) is 0 Å². The molecule has 1 amide bonds. The zero-order valence-corrected chi connectivity index (χ0v) is 13.9. The molecule has 2 aliphatic heterocycles. The second-order valence-corrected chi connectivity index (χ2v) is 7.05. The highest BCUT2D eigenvalue weighted by molar-refractivity contribution is 7.99. The Morgan fingerprint density at radius 2 is 2.26 bits per heavy atom. The number of rotatable bonds is 3. The van der Waals surface area contributed by atoms with Gasteiger partial charge in [-0.1, -0.05) is 11.6 Å². The lowest BCUT2D eigenvalue weighted by Gasteiger charge is -2.35. The number of hydrogen-bond donors (Lipinski definition) is 1. The van der Waals surface area contributed by atoms with Crippen LogP contribution in [0.4, 0.5) is 0 Å². The van der Waals surface area contributed by atoms with E-state index in [-0.39, 0.29) is 25.0 Å². The summed E-state index contributed by atoms with van der Waals surface area (Å²) in [6.07, 6.45) is 1.75. The summed E-state index contributed by atoms with van der Waals surface area (Å²) in [7, 11) is 0. The van der Waals surface area contributed by atoms with E-state index in [1.807, 2.05) is 0 Å². The number of fused-ring (bicyclic) bond motifs is 1. The van der Waals surface area contributed by atoms with Gasteiger partial charge in [0.25, 0.3) is 5.91 Å². The summed E-state index contributed by atoms with van der Waals surface area (Å²) in [5, 5.41) is 9.61. The summed E-state index contributed by atoms with van der Waals surface area (Å²) in [6.45, 7) is 0.748. The minimum Gasteiger partial charge on any atom is -0.488 e. The van der Waals surface area contributed by atoms with Gasteiger partial charge >= 0.3 is 5.97 Å². The van der Waals surface area contributed by atoms with Crippen LogP contribution in [0.2, 0.25) is 5.02 Å². The van der Waals surface area contributed by atoms with Gasteiger partial charge in [-0.25, -0.2) is 0 Å². The van der Waals surface area contributed by atoms with Gasteiger partial charge in [0.05, 0.1) is 18.0 Å². The number of carbonyl (C=O) groups is 2. The Bertz CT molecular complexity index is 676. The van der Waals surface area contributed by atoms with Crippen molar-refractivity contribution in [3.8, 4) is 5.75 Å². The molecule has 5 nitrogen and oxygen atoms in total. The van der Waals surface area contributed by atoms with Crippen molar-refractivity contribution in [3.05, 3.63) is 34.4 Å².